The van der Waals surface area contributed by atoms with Gasteiger partial charge in [-0.2, -0.15) is 5.10 Å². The molecule has 0 saturated heterocycles. The molecule has 174 valence electrons. The van der Waals surface area contributed by atoms with Crippen LogP contribution in [0.5, 0.6) is 0 Å². The van der Waals surface area contributed by atoms with E-state index in [0.29, 0.717) is 28.3 Å². The van der Waals surface area contributed by atoms with Crippen LogP contribution in [0.4, 0.5) is 15.9 Å². The summed E-state index contributed by atoms with van der Waals surface area (Å²) in [7, 11) is 0. The van der Waals surface area contributed by atoms with E-state index in [4.69, 9.17) is 10.3 Å². The zero-order chi connectivity index (χ0) is 23.7. The largest absolute Gasteiger partial charge is 0.382 e. The van der Waals surface area contributed by atoms with Crippen LogP contribution in [0.15, 0.2) is 53.4 Å². The molecule has 1 aliphatic carbocycles. The van der Waals surface area contributed by atoms with Gasteiger partial charge in [0.2, 0.25) is 5.91 Å². The minimum atomic E-state index is -0.400. The molecule has 3 N–H and O–H groups in total. The molecule has 1 aliphatic rings. The number of amides is 1. The Kier molecular flexibility index (Phi) is 5.56. The molecule has 4 aromatic rings. The monoisotopic (exact) mass is 461 g/mol. The van der Waals surface area contributed by atoms with Crippen molar-refractivity contribution in [2.75, 3.05) is 11.1 Å². The van der Waals surface area contributed by atoms with E-state index >= 15 is 0 Å². The number of rotatable bonds is 6. The standard InChI is InChI=1S/C24H24FN7O2/c1-24(9-4-5-10-24)23(33)28-19-13-27-22(29-21(19)26)18-12-20(17-8-11-34-31-17)32(30-18)14-15-6-2-3-7-16(15)25/h2-3,6-8,11-13H,4-5,9-10,14H2,1H3,(H,28,33)(H2,26,27,29). The number of aromatic nitrogens is 5. The van der Waals surface area contributed by atoms with Gasteiger partial charge in [-0.15, -0.1) is 0 Å². The molecule has 5 rings (SSSR count). The quantitative estimate of drug-likeness (QED) is 0.439. The molecule has 3 aromatic heterocycles. The third-order valence-corrected chi connectivity index (χ3v) is 6.31. The van der Waals surface area contributed by atoms with Crippen LogP contribution in [0.1, 0.15) is 38.2 Å². The van der Waals surface area contributed by atoms with E-state index in [0.717, 1.165) is 25.7 Å². The topological polar surface area (TPSA) is 125 Å². The number of halogens is 1. The van der Waals surface area contributed by atoms with Crippen molar-refractivity contribution in [1.82, 2.24) is 24.9 Å². The van der Waals surface area contributed by atoms with Crippen LogP contribution in [-0.2, 0) is 11.3 Å². The van der Waals surface area contributed by atoms with E-state index in [-0.39, 0.29) is 29.9 Å². The molecule has 3 heterocycles. The molecule has 0 bridgehead atoms. The summed E-state index contributed by atoms with van der Waals surface area (Å²) in [5.41, 5.74) is 8.18. The Bertz CT molecular complexity index is 1330. The molecule has 1 aromatic carbocycles. The summed E-state index contributed by atoms with van der Waals surface area (Å²) >= 11 is 0. The predicted octanol–water partition coefficient (Wildman–Crippen LogP) is 4.28. The molecule has 0 spiro atoms. The average molecular weight is 462 g/mol. The number of benzene rings is 1. The number of carbonyl (C=O) groups is 1. The Morgan fingerprint density at radius 2 is 2.03 bits per heavy atom. The van der Waals surface area contributed by atoms with Crippen molar-refractivity contribution in [3.8, 4) is 22.9 Å². The van der Waals surface area contributed by atoms with Gasteiger partial charge in [-0.1, -0.05) is 43.1 Å². The van der Waals surface area contributed by atoms with E-state index < -0.39 is 5.41 Å². The lowest BCUT2D eigenvalue weighted by Gasteiger charge is -2.22. The van der Waals surface area contributed by atoms with Crippen LogP contribution >= 0.6 is 0 Å². The average Bonchev–Trinajstić information content (AvgIpc) is 3.58. The molecule has 10 heteroatoms. The van der Waals surface area contributed by atoms with Crippen LogP contribution in [0.3, 0.4) is 0 Å². The molecule has 0 unspecified atom stereocenters. The molecule has 1 amide bonds. The van der Waals surface area contributed by atoms with Crippen LogP contribution in [0, 0.1) is 11.2 Å². The first kappa shape index (κ1) is 21.7. The normalized spacial score (nSPS) is 14.9. The minimum absolute atomic E-state index is 0.0736. The third kappa shape index (κ3) is 4.14. The maximum atomic E-state index is 14.3. The third-order valence-electron chi connectivity index (χ3n) is 6.31. The lowest BCUT2D eigenvalue weighted by Crippen LogP contribution is -2.31. The highest BCUT2D eigenvalue weighted by atomic mass is 19.1. The van der Waals surface area contributed by atoms with Crippen LogP contribution < -0.4 is 11.1 Å². The molecule has 0 radical (unpaired) electrons. The first-order valence-corrected chi connectivity index (χ1v) is 11.1. The Labute approximate surface area is 195 Å². The molecule has 0 aliphatic heterocycles. The van der Waals surface area contributed by atoms with Crippen LogP contribution in [0.2, 0.25) is 0 Å². The summed E-state index contributed by atoms with van der Waals surface area (Å²) in [5.74, 6) is 0.0175. The number of anilines is 2. The highest BCUT2D eigenvalue weighted by Gasteiger charge is 2.36. The number of nitrogens with one attached hydrogen (secondary N) is 1. The summed E-state index contributed by atoms with van der Waals surface area (Å²) in [5, 5.41) is 11.4. The van der Waals surface area contributed by atoms with Crippen LogP contribution in [-0.4, -0.2) is 30.8 Å². The zero-order valence-corrected chi connectivity index (χ0v) is 18.7. The van der Waals surface area contributed by atoms with E-state index in [1.54, 1.807) is 35.0 Å². The Morgan fingerprint density at radius 1 is 1.24 bits per heavy atom. The molecule has 1 fully saturated rings. The van der Waals surface area contributed by atoms with Crippen molar-refractivity contribution >= 4 is 17.4 Å². The fraction of sp³-hybridized carbons (Fsp3) is 0.292. The Hall–Kier alpha value is -4.08. The van der Waals surface area contributed by atoms with Gasteiger partial charge >= 0.3 is 0 Å². The first-order valence-electron chi connectivity index (χ1n) is 11.1. The maximum Gasteiger partial charge on any atom is 0.230 e. The molecule has 9 nitrogen and oxygen atoms in total. The summed E-state index contributed by atoms with van der Waals surface area (Å²) in [6.45, 7) is 2.14. The Balaban J connectivity index is 1.45. The molecule has 1 saturated carbocycles. The number of hydrogen-bond donors (Lipinski definition) is 2. The second-order valence-corrected chi connectivity index (χ2v) is 8.76. The van der Waals surface area contributed by atoms with Gasteiger partial charge in [0.05, 0.1) is 18.4 Å². The number of nitrogens with two attached hydrogens (primary N) is 1. The second-order valence-electron chi connectivity index (χ2n) is 8.76. The van der Waals surface area contributed by atoms with Gasteiger partial charge in [0, 0.05) is 17.0 Å². The molecular formula is C24H24FN7O2. The zero-order valence-electron chi connectivity index (χ0n) is 18.7. The van der Waals surface area contributed by atoms with Crippen molar-refractivity contribution < 1.29 is 13.7 Å². The summed E-state index contributed by atoms with van der Waals surface area (Å²) in [6.07, 6.45) is 6.71. The second kappa shape index (κ2) is 8.69. The van der Waals surface area contributed by atoms with Crippen molar-refractivity contribution in [3.05, 3.63) is 60.2 Å². The molecule has 0 atom stereocenters. The highest BCUT2D eigenvalue weighted by molar-refractivity contribution is 5.97. The minimum Gasteiger partial charge on any atom is -0.382 e. The number of carbonyl (C=O) groups excluding carboxylic acids is 1. The van der Waals surface area contributed by atoms with Gasteiger partial charge in [0.25, 0.3) is 0 Å². The van der Waals surface area contributed by atoms with Gasteiger partial charge in [-0.3, -0.25) is 9.48 Å². The Morgan fingerprint density at radius 3 is 2.74 bits per heavy atom. The van der Waals surface area contributed by atoms with Crippen LogP contribution in [0.25, 0.3) is 22.9 Å². The van der Waals surface area contributed by atoms with Gasteiger partial charge in [0.1, 0.15) is 29.2 Å². The number of nitrogens with zero attached hydrogens (tertiary/aromatic N) is 5. The van der Waals surface area contributed by atoms with Crippen molar-refractivity contribution in [1.29, 1.82) is 0 Å². The fourth-order valence-electron chi connectivity index (χ4n) is 4.26. The smallest absolute Gasteiger partial charge is 0.230 e. The first-order chi connectivity index (χ1) is 16.4. The molecule has 34 heavy (non-hydrogen) atoms. The van der Waals surface area contributed by atoms with Crippen molar-refractivity contribution in [3.63, 3.8) is 0 Å². The SMILES string of the molecule is CC1(C(=O)Nc2cnc(-c3cc(-c4ccon4)n(Cc4ccccc4F)n3)nc2N)CCCC1. The lowest BCUT2D eigenvalue weighted by atomic mass is 9.88. The van der Waals surface area contributed by atoms with Gasteiger partial charge in [-0.05, 0) is 25.0 Å². The highest BCUT2D eigenvalue weighted by Crippen LogP contribution is 2.38. The summed E-state index contributed by atoms with van der Waals surface area (Å²) in [4.78, 5) is 21.5. The lowest BCUT2D eigenvalue weighted by molar-refractivity contribution is -0.124. The summed E-state index contributed by atoms with van der Waals surface area (Å²) in [6, 6.07) is 9.93. The maximum absolute atomic E-state index is 14.3. The predicted molar refractivity (Wildman–Crippen MR) is 124 cm³/mol. The number of nitrogen functional groups attached to an aromatic ring is 1. The summed E-state index contributed by atoms with van der Waals surface area (Å²) < 4.78 is 20.9. The van der Waals surface area contributed by atoms with E-state index in [2.05, 4.69) is 25.5 Å². The van der Waals surface area contributed by atoms with Crippen molar-refractivity contribution in [2.45, 2.75) is 39.2 Å². The van der Waals surface area contributed by atoms with E-state index in [1.165, 1.54) is 18.5 Å². The van der Waals surface area contributed by atoms with Crippen molar-refractivity contribution in [2.24, 2.45) is 5.41 Å². The van der Waals surface area contributed by atoms with Gasteiger partial charge in [-0.25, -0.2) is 14.4 Å². The van der Waals surface area contributed by atoms with E-state index in [1.807, 2.05) is 6.92 Å². The number of hydrogen-bond acceptors (Lipinski definition) is 7. The van der Waals surface area contributed by atoms with Gasteiger partial charge in [0.15, 0.2) is 11.6 Å². The molecular weight excluding hydrogens is 437 g/mol. The fourth-order valence-corrected chi connectivity index (χ4v) is 4.26. The van der Waals surface area contributed by atoms with Gasteiger partial charge < -0.3 is 15.6 Å². The van der Waals surface area contributed by atoms with E-state index in [9.17, 15) is 9.18 Å².